The van der Waals surface area contributed by atoms with E-state index in [-0.39, 0.29) is 16.5 Å². The summed E-state index contributed by atoms with van der Waals surface area (Å²) in [6.07, 6.45) is 0. The molecule has 1 aromatic carbocycles. The Bertz CT molecular complexity index is 763. The van der Waals surface area contributed by atoms with Crippen molar-refractivity contribution < 1.29 is 18.4 Å². The number of halogens is 3. The number of carbonyl (C=O) groups excluding carboxylic acids is 2. The van der Waals surface area contributed by atoms with Crippen LogP contribution in [0.2, 0.25) is 5.15 Å². The first-order chi connectivity index (χ1) is 10.3. The summed E-state index contributed by atoms with van der Waals surface area (Å²) in [5.74, 6) is -4.06. The Hall–Kier alpha value is -2.74. The van der Waals surface area contributed by atoms with Crippen molar-refractivity contribution in [2.75, 3.05) is 11.1 Å². The van der Waals surface area contributed by atoms with E-state index < -0.39 is 34.7 Å². The van der Waals surface area contributed by atoms with E-state index in [1.54, 1.807) is 0 Å². The van der Waals surface area contributed by atoms with Crippen molar-refractivity contribution in [1.29, 1.82) is 0 Å². The predicted octanol–water partition coefficient (Wildman–Crippen LogP) is 1.95. The molecule has 5 N–H and O–H groups in total. The molecule has 0 radical (unpaired) electrons. The smallest absolute Gasteiger partial charge is 0.255 e. The summed E-state index contributed by atoms with van der Waals surface area (Å²) in [6, 6.07) is 3.68. The van der Waals surface area contributed by atoms with Crippen LogP contribution in [0, 0.1) is 11.6 Å². The molecule has 0 saturated heterocycles. The summed E-state index contributed by atoms with van der Waals surface area (Å²) in [7, 11) is 0. The van der Waals surface area contributed by atoms with E-state index in [2.05, 4.69) is 10.3 Å². The third kappa shape index (κ3) is 3.29. The Kier molecular flexibility index (Phi) is 4.22. The van der Waals surface area contributed by atoms with Gasteiger partial charge in [0.15, 0.2) is 0 Å². The Morgan fingerprint density at radius 3 is 2.41 bits per heavy atom. The fraction of sp³-hybridized carbons (Fsp3) is 0. The summed E-state index contributed by atoms with van der Waals surface area (Å²) < 4.78 is 27.0. The Balaban J connectivity index is 2.36. The Morgan fingerprint density at radius 2 is 1.82 bits per heavy atom. The first-order valence-corrected chi connectivity index (χ1v) is 6.19. The van der Waals surface area contributed by atoms with Crippen LogP contribution < -0.4 is 16.8 Å². The quantitative estimate of drug-likeness (QED) is 0.748. The second kappa shape index (κ2) is 5.94. The molecule has 2 aromatic rings. The van der Waals surface area contributed by atoms with Gasteiger partial charge in [0.2, 0.25) is 0 Å². The van der Waals surface area contributed by atoms with Crippen molar-refractivity contribution in [1.82, 2.24) is 4.98 Å². The molecular weight excluding hydrogens is 318 g/mol. The highest BCUT2D eigenvalue weighted by Crippen LogP contribution is 2.21. The van der Waals surface area contributed by atoms with Crippen molar-refractivity contribution in [3.8, 4) is 0 Å². The maximum absolute atomic E-state index is 13.7. The third-order valence-corrected chi connectivity index (χ3v) is 2.84. The van der Waals surface area contributed by atoms with Gasteiger partial charge in [-0.15, -0.1) is 0 Å². The second-order valence-corrected chi connectivity index (χ2v) is 4.62. The number of rotatable bonds is 3. The molecular formula is C13H9ClF2N4O2. The summed E-state index contributed by atoms with van der Waals surface area (Å²) in [4.78, 5) is 26.7. The van der Waals surface area contributed by atoms with Crippen LogP contribution >= 0.6 is 11.6 Å². The number of benzene rings is 1. The topological polar surface area (TPSA) is 111 Å². The van der Waals surface area contributed by atoms with E-state index in [0.717, 1.165) is 6.07 Å². The molecule has 0 fully saturated rings. The maximum atomic E-state index is 13.7. The van der Waals surface area contributed by atoms with Gasteiger partial charge in [0.1, 0.15) is 22.6 Å². The van der Waals surface area contributed by atoms with E-state index in [4.69, 9.17) is 23.1 Å². The van der Waals surface area contributed by atoms with Gasteiger partial charge in [-0.25, -0.2) is 13.8 Å². The van der Waals surface area contributed by atoms with E-state index >= 15 is 0 Å². The second-order valence-electron chi connectivity index (χ2n) is 4.23. The lowest BCUT2D eigenvalue weighted by Gasteiger charge is -2.09. The summed E-state index contributed by atoms with van der Waals surface area (Å²) in [6.45, 7) is 0. The number of aromatic nitrogens is 1. The number of pyridine rings is 1. The molecule has 1 heterocycles. The van der Waals surface area contributed by atoms with Crippen molar-refractivity contribution in [3.05, 3.63) is 52.2 Å². The average molecular weight is 327 g/mol. The highest BCUT2D eigenvalue weighted by atomic mass is 35.5. The van der Waals surface area contributed by atoms with Gasteiger partial charge in [-0.1, -0.05) is 11.6 Å². The average Bonchev–Trinajstić information content (AvgIpc) is 2.40. The molecule has 22 heavy (non-hydrogen) atoms. The normalized spacial score (nSPS) is 10.3. The molecule has 9 heteroatoms. The van der Waals surface area contributed by atoms with Crippen LogP contribution in [0.15, 0.2) is 24.3 Å². The number of carbonyl (C=O) groups is 2. The van der Waals surface area contributed by atoms with Crippen LogP contribution in [-0.2, 0) is 0 Å². The zero-order chi connectivity index (χ0) is 16.4. The minimum atomic E-state index is -1.13. The monoisotopic (exact) mass is 326 g/mol. The van der Waals surface area contributed by atoms with Crippen LogP contribution in [-0.4, -0.2) is 16.8 Å². The number of nitrogens with one attached hydrogen (secondary N) is 1. The number of amides is 2. The minimum Gasteiger partial charge on any atom is -0.384 e. The molecule has 1 aromatic heterocycles. The van der Waals surface area contributed by atoms with Crippen molar-refractivity contribution in [2.24, 2.45) is 5.73 Å². The molecule has 2 amide bonds. The number of nitrogens with two attached hydrogens (primary N) is 2. The predicted molar refractivity (Wildman–Crippen MR) is 76.5 cm³/mol. The van der Waals surface area contributed by atoms with Crippen molar-refractivity contribution in [3.63, 3.8) is 0 Å². The van der Waals surface area contributed by atoms with Gasteiger partial charge in [-0.3, -0.25) is 9.59 Å². The molecule has 2 rings (SSSR count). The highest BCUT2D eigenvalue weighted by molar-refractivity contribution is 6.30. The Labute approximate surface area is 128 Å². The summed E-state index contributed by atoms with van der Waals surface area (Å²) in [5.41, 5.74) is 9.46. The molecule has 6 nitrogen and oxygen atoms in total. The van der Waals surface area contributed by atoms with Crippen LogP contribution in [0.25, 0.3) is 0 Å². The molecule has 0 spiro atoms. The fourth-order valence-corrected chi connectivity index (χ4v) is 1.89. The highest BCUT2D eigenvalue weighted by Gasteiger charge is 2.16. The van der Waals surface area contributed by atoms with Gasteiger partial charge in [0.05, 0.1) is 11.3 Å². The number of hydrogen-bond donors (Lipinski definition) is 3. The fourth-order valence-electron chi connectivity index (χ4n) is 1.68. The summed E-state index contributed by atoms with van der Waals surface area (Å²) >= 11 is 5.66. The molecule has 0 bridgehead atoms. The van der Waals surface area contributed by atoms with E-state index in [1.165, 1.54) is 12.1 Å². The SMILES string of the molecule is NC(=O)c1cc(NC(=O)c2cc(N)nc(Cl)c2)c(F)cc1F. The molecule has 0 saturated carbocycles. The number of hydrogen-bond acceptors (Lipinski definition) is 4. The van der Waals surface area contributed by atoms with Crippen molar-refractivity contribution >= 4 is 34.9 Å². The van der Waals surface area contributed by atoms with Gasteiger partial charge < -0.3 is 16.8 Å². The van der Waals surface area contributed by atoms with E-state index in [0.29, 0.717) is 6.07 Å². The number of nitrogen functional groups attached to an aromatic ring is 1. The van der Waals surface area contributed by atoms with Crippen LogP contribution in [0.1, 0.15) is 20.7 Å². The largest absolute Gasteiger partial charge is 0.384 e. The minimum absolute atomic E-state index is 0.00458. The summed E-state index contributed by atoms with van der Waals surface area (Å²) in [5, 5.41) is 2.15. The van der Waals surface area contributed by atoms with Gasteiger partial charge in [-0.2, -0.15) is 0 Å². The van der Waals surface area contributed by atoms with E-state index in [1.807, 2.05) is 0 Å². The van der Waals surface area contributed by atoms with E-state index in [9.17, 15) is 18.4 Å². The lowest BCUT2D eigenvalue weighted by atomic mass is 10.1. The zero-order valence-electron chi connectivity index (χ0n) is 10.9. The van der Waals surface area contributed by atoms with Crippen LogP contribution in [0.4, 0.5) is 20.3 Å². The van der Waals surface area contributed by atoms with Crippen molar-refractivity contribution in [2.45, 2.75) is 0 Å². The lowest BCUT2D eigenvalue weighted by molar-refractivity contribution is 0.0992. The maximum Gasteiger partial charge on any atom is 0.255 e. The van der Waals surface area contributed by atoms with Crippen LogP contribution in [0.5, 0.6) is 0 Å². The molecule has 0 aliphatic rings. The standard InChI is InChI=1S/C13H9ClF2N4O2/c14-10-1-5(2-11(17)20-10)13(22)19-9-3-6(12(18)21)7(15)4-8(9)16/h1-4H,(H2,17,20)(H2,18,21)(H,19,22). The third-order valence-electron chi connectivity index (χ3n) is 2.65. The first-order valence-electron chi connectivity index (χ1n) is 5.81. The van der Waals surface area contributed by atoms with Crippen LogP contribution in [0.3, 0.4) is 0 Å². The number of primary amides is 1. The van der Waals surface area contributed by atoms with Gasteiger partial charge in [0.25, 0.3) is 11.8 Å². The molecule has 0 aliphatic heterocycles. The molecule has 114 valence electrons. The number of anilines is 2. The molecule has 0 aliphatic carbocycles. The first kappa shape index (κ1) is 15.6. The lowest BCUT2D eigenvalue weighted by Crippen LogP contribution is -2.17. The van der Waals surface area contributed by atoms with Gasteiger partial charge >= 0.3 is 0 Å². The Morgan fingerprint density at radius 1 is 1.14 bits per heavy atom. The molecule has 0 atom stereocenters. The number of nitrogens with zero attached hydrogens (tertiary/aromatic N) is 1. The molecule has 0 unspecified atom stereocenters. The van der Waals surface area contributed by atoms with Gasteiger partial charge in [-0.05, 0) is 18.2 Å². The zero-order valence-corrected chi connectivity index (χ0v) is 11.6. The van der Waals surface area contributed by atoms with Gasteiger partial charge in [0, 0.05) is 11.6 Å².